The molecule has 1 unspecified atom stereocenters. The molecule has 2 aromatic rings. The van der Waals surface area contributed by atoms with E-state index in [-0.39, 0.29) is 38.7 Å². The van der Waals surface area contributed by atoms with Gasteiger partial charge >= 0.3 is 12.1 Å². The number of hydrogen-bond donors (Lipinski definition) is 2. The number of carboxylic acids is 1. The van der Waals surface area contributed by atoms with Crippen molar-refractivity contribution in [2.75, 3.05) is 33.4 Å². The van der Waals surface area contributed by atoms with Crippen molar-refractivity contribution in [1.82, 2.24) is 10.2 Å². The summed E-state index contributed by atoms with van der Waals surface area (Å²) in [5, 5.41) is 12.3. The molecule has 4 rings (SSSR count). The van der Waals surface area contributed by atoms with Crippen LogP contribution in [0.3, 0.4) is 0 Å². The summed E-state index contributed by atoms with van der Waals surface area (Å²) in [6, 6.07) is 16.2. The summed E-state index contributed by atoms with van der Waals surface area (Å²) in [7, 11) is 1.46. The number of benzene rings is 2. The van der Waals surface area contributed by atoms with Gasteiger partial charge in [-0.05, 0) is 29.2 Å². The number of amides is 2. The molecule has 0 radical (unpaired) electrons. The van der Waals surface area contributed by atoms with Gasteiger partial charge < -0.3 is 24.8 Å². The number of aliphatic carboxylic acids is 1. The lowest BCUT2D eigenvalue weighted by Gasteiger charge is -2.33. The summed E-state index contributed by atoms with van der Waals surface area (Å²) in [6.07, 6.45) is 1.19. The molecule has 2 aliphatic rings. The van der Waals surface area contributed by atoms with Crippen LogP contribution in [0.15, 0.2) is 60.2 Å². The number of hydrogen-bond acceptors (Lipinski definition) is 5. The number of carbonyl (C=O) groups is 3. The first-order valence-electron chi connectivity index (χ1n) is 11.2. The van der Waals surface area contributed by atoms with Crippen LogP contribution < -0.4 is 5.32 Å². The number of fused-ring (bicyclic) bond motifs is 3. The van der Waals surface area contributed by atoms with Crippen molar-refractivity contribution in [2.45, 2.75) is 24.8 Å². The van der Waals surface area contributed by atoms with Crippen LogP contribution in [0.2, 0.25) is 0 Å². The molecule has 34 heavy (non-hydrogen) atoms. The molecule has 2 aromatic carbocycles. The maximum Gasteiger partial charge on any atom is 0.407 e. The molecule has 1 heterocycles. The summed E-state index contributed by atoms with van der Waals surface area (Å²) < 4.78 is 10.7. The van der Waals surface area contributed by atoms with Crippen LogP contribution in [0.5, 0.6) is 0 Å². The number of carbonyl (C=O) groups excluding carboxylic acids is 2. The zero-order chi connectivity index (χ0) is 24.3. The van der Waals surface area contributed by atoms with E-state index in [1.165, 1.54) is 11.9 Å². The number of carboxylic acid groups (broad SMARTS) is 1. The minimum atomic E-state index is -1.37. The van der Waals surface area contributed by atoms with E-state index < -0.39 is 23.5 Å². The van der Waals surface area contributed by atoms with Gasteiger partial charge in [0, 0.05) is 38.1 Å². The Morgan fingerprint density at radius 3 is 2.32 bits per heavy atom. The van der Waals surface area contributed by atoms with Crippen molar-refractivity contribution in [3.63, 3.8) is 0 Å². The van der Waals surface area contributed by atoms with E-state index in [1.54, 1.807) is 13.0 Å². The van der Waals surface area contributed by atoms with Gasteiger partial charge in [0.25, 0.3) is 0 Å². The molecule has 0 aromatic heterocycles. The first-order valence-corrected chi connectivity index (χ1v) is 11.2. The molecule has 178 valence electrons. The van der Waals surface area contributed by atoms with E-state index in [0.29, 0.717) is 5.57 Å². The number of likely N-dealkylation sites (N-methyl/N-ethyl adjacent to an activating group) is 1. The number of alkyl carbamates (subject to hydrolysis) is 1. The topological polar surface area (TPSA) is 105 Å². The lowest BCUT2D eigenvalue weighted by Crippen LogP contribution is -2.56. The molecule has 1 aliphatic heterocycles. The molecular weight excluding hydrogens is 436 g/mol. The third-order valence-corrected chi connectivity index (χ3v) is 6.68. The molecule has 0 saturated carbocycles. The highest BCUT2D eigenvalue weighted by atomic mass is 16.5. The Balaban J connectivity index is 1.32. The van der Waals surface area contributed by atoms with Gasteiger partial charge in [0.2, 0.25) is 5.91 Å². The molecule has 1 aliphatic carbocycles. The number of nitrogens with zero attached hydrogens (tertiary/aromatic N) is 1. The summed E-state index contributed by atoms with van der Waals surface area (Å²) in [6.45, 7) is 2.11. The zero-order valence-electron chi connectivity index (χ0n) is 19.2. The highest BCUT2D eigenvalue weighted by Crippen LogP contribution is 2.44. The summed E-state index contributed by atoms with van der Waals surface area (Å²) in [5.41, 5.74) is 3.52. The first kappa shape index (κ1) is 23.5. The Labute approximate surface area is 198 Å². The molecule has 1 fully saturated rings. The van der Waals surface area contributed by atoms with Crippen LogP contribution in [0.25, 0.3) is 11.1 Å². The smallest absolute Gasteiger partial charge is 0.407 e. The first-order chi connectivity index (χ1) is 16.3. The highest BCUT2D eigenvalue weighted by Gasteiger charge is 2.48. The van der Waals surface area contributed by atoms with E-state index in [2.05, 4.69) is 29.6 Å². The third kappa shape index (κ3) is 4.28. The lowest BCUT2D eigenvalue weighted by molar-refractivity contribution is -0.156. The Morgan fingerprint density at radius 1 is 1.15 bits per heavy atom. The van der Waals surface area contributed by atoms with Crippen LogP contribution in [-0.2, 0) is 19.1 Å². The number of nitrogens with one attached hydrogen (secondary N) is 1. The molecule has 0 bridgehead atoms. The van der Waals surface area contributed by atoms with Crippen LogP contribution >= 0.6 is 0 Å². The molecular formula is C26H28N2O6. The average molecular weight is 465 g/mol. The summed E-state index contributed by atoms with van der Waals surface area (Å²) in [5.74, 6) is -1.56. The average Bonchev–Trinajstić information content (AvgIpc) is 3.46. The molecule has 8 nitrogen and oxygen atoms in total. The van der Waals surface area contributed by atoms with E-state index in [9.17, 15) is 19.5 Å². The molecule has 2 N–H and O–H groups in total. The van der Waals surface area contributed by atoms with Crippen LogP contribution in [0.4, 0.5) is 4.79 Å². The van der Waals surface area contributed by atoms with E-state index >= 15 is 0 Å². The molecule has 8 heteroatoms. The second kappa shape index (κ2) is 9.69. The van der Waals surface area contributed by atoms with E-state index in [1.807, 2.05) is 24.3 Å². The fourth-order valence-electron chi connectivity index (χ4n) is 4.61. The number of ether oxygens (including phenoxy) is 2. The van der Waals surface area contributed by atoms with Gasteiger partial charge in [0.1, 0.15) is 6.61 Å². The molecule has 1 saturated heterocycles. The predicted molar refractivity (Wildman–Crippen MR) is 125 cm³/mol. The molecule has 2 amide bonds. The highest BCUT2D eigenvalue weighted by molar-refractivity contribution is 5.97. The fourth-order valence-corrected chi connectivity index (χ4v) is 4.61. The Hall–Kier alpha value is -3.65. The van der Waals surface area contributed by atoms with Crippen molar-refractivity contribution in [1.29, 1.82) is 0 Å². The minimum absolute atomic E-state index is 0.0357. The fraction of sp³-hybridized carbons (Fsp3) is 0.346. The van der Waals surface area contributed by atoms with Gasteiger partial charge in [-0.3, -0.25) is 4.79 Å². The quantitative estimate of drug-likeness (QED) is 0.610. The van der Waals surface area contributed by atoms with Gasteiger partial charge in [-0.2, -0.15) is 0 Å². The van der Waals surface area contributed by atoms with Crippen molar-refractivity contribution < 1.29 is 29.0 Å². The molecule has 1 atom stereocenters. The second-order valence-corrected chi connectivity index (χ2v) is 8.60. The maximum absolute atomic E-state index is 12.7. The third-order valence-electron chi connectivity index (χ3n) is 6.68. The summed E-state index contributed by atoms with van der Waals surface area (Å²) >= 11 is 0. The normalized spacial score (nSPS) is 19.3. The maximum atomic E-state index is 12.7. The SMILES string of the molecule is C/C(=C\CNC(=O)OCC1c2ccccc2-c2ccccc21)C(=O)N(C)C1(C(=O)O)CCOC1. The van der Waals surface area contributed by atoms with Gasteiger partial charge in [-0.25, -0.2) is 9.59 Å². The van der Waals surface area contributed by atoms with Crippen molar-refractivity contribution >= 4 is 18.0 Å². The summed E-state index contributed by atoms with van der Waals surface area (Å²) in [4.78, 5) is 38.0. The zero-order valence-corrected chi connectivity index (χ0v) is 19.2. The van der Waals surface area contributed by atoms with Crippen LogP contribution in [0.1, 0.15) is 30.4 Å². The minimum Gasteiger partial charge on any atom is -0.479 e. The van der Waals surface area contributed by atoms with Gasteiger partial charge in [0.05, 0.1) is 6.61 Å². The number of rotatable bonds is 7. The Bertz CT molecular complexity index is 1090. The largest absolute Gasteiger partial charge is 0.479 e. The Kier molecular flexibility index (Phi) is 6.70. The Morgan fingerprint density at radius 2 is 1.76 bits per heavy atom. The van der Waals surface area contributed by atoms with Crippen LogP contribution in [-0.4, -0.2) is 66.9 Å². The lowest BCUT2D eigenvalue weighted by atomic mass is 9.96. The predicted octanol–water partition coefficient (Wildman–Crippen LogP) is 3.17. The van der Waals surface area contributed by atoms with Gasteiger partial charge in [0.15, 0.2) is 5.54 Å². The van der Waals surface area contributed by atoms with Crippen LogP contribution in [0, 0.1) is 0 Å². The van der Waals surface area contributed by atoms with Gasteiger partial charge in [-0.1, -0.05) is 54.6 Å². The standard InChI is InChI=1S/C26H28N2O6/c1-17(23(29)28(2)26(24(30)31)12-14-33-16-26)11-13-27-25(32)34-15-22-20-9-5-3-7-18(20)19-8-4-6-10-21(19)22/h3-11,22H,12-16H2,1-2H3,(H,27,32)(H,30,31)/b17-11+. The molecule has 0 spiro atoms. The van der Waals surface area contributed by atoms with Crippen molar-refractivity contribution in [3.05, 3.63) is 71.3 Å². The van der Waals surface area contributed by atoms with E-state index in [0.717, 1.165) is 22.3 Å². The van der Waals surface area contributed by atoms with Crippen molar-refractivity contribution in [3.8, 4) is 11.1 Å². The monoisotopic (exact) mass is 464 g/mol. The van der Waals surface area contributed by atoms with Crippen molar-refractivity contribution in [2.24, 2.45) is 0 Å². The second-order valence-electron chi connectivity index (χ2n) is 8.60. The van der Waals surface area contributed by atoms with Gasteiger partial charge in [-0.15, -0.1) is 0 Å². The van der Waals surface area contributed by atoms with E-state index in [4.69, 9.17) is 9.47 Å².